The van der Waals surface area contributed by atoms with Gasteiger partial charge in [-0.3, -0.25) is 4.99 Å². The third kappa shape index (κ3) is 3.80. The zero-order chi connectivity index (χ0) is 20.1. The first-order valence-corrected chi connectivity index (χ1v) is 9.90. The van der Waals surface area contributed by atoms with Gasteiger partial charge in [0.25, 0.3) is 0 Å². The Morgan fingerprint density at radius 3 is 2.50 bits per heavy atom. The fourth-order valence-electron chi connectivity index (χ4n) is 3.09. The highest BCUT2D eigenvalue weighted by molar-refractivity contribution is 8.14. The molecule has 6 heteroatoms. The highest BCUT2D eigenvalue weighted by Gasteiger charge is 2.21. The topological polar surface area (TPSA) is 69.6 Å². The van der Waals surface area contributed by atoms with E-state index in [-0.39, 0.29) is 5.56 Å². The summed E-state index contributed by atoms with van der Waals surface area (Å²) in [5, 5.41) is 10.9. The third-order valence-electron chi connectivity index (χ3n) is 4.51. The van der Waals surface area contributed by atoms with Gasteiger partial charge in [0.1, 0.15) is 22.3 Å². The van der Waals surface area contributed by atoms with Crippen LogP contribution in [-0.4, -0.2) is 25.2 Å². The standard InChI is InChI=1S/C22H21N3O2S/c1-4-25(5-2)15-11-12-17-18(14-23)20(22(26)27-19(17)13-15)21(24-3)28-16-9-7-6-8-10-16/h6-13H,4-5H2,1-3H3/b24-21+. The van der Waals surface area contributed by atoms with Gasteiger partial charge >= 0.3 is 5.63 Å². The van der Waals surface area contributed by atoms with Crippen LogP contribution in [0, 0.1) is 11.3 Å². The molecule has 0 radical (unpaired) electrons. The number of anilines is 1. The van der Waals surface area contributed by atoms with E-state index in [1.165, 1.54) is 11.8 Å². The molecular weight excluding hydrogens is 370 g/mol. The van der Waals surface area contributed by atoms with Crippen LogP contribution in [0.15, 0.2) is 67.6 Å². The first kappa shape index (κ1) is 19.7. The smallest absolute Gasteiger partial charge is 0.347 e. The number of aliphatic imine (C=N–C) groups is 1. The number of thioether (sulfide) groups is 1. The van der Waals surface area contributed by atoms with Crippen LogP contribution in [0.2, 0.25) is 0 Å². The molecule has 1 heterocycles. The Morgan fingerprint density at radius 1 is 1.18 bits per heavy atom. The van der Waals surface area contributed by atoms with E-state index in [1.807, 2.05) is 48.5 Å². The van der Waals surface area contributed by atoms with Crippen LogP contribution in [0.5, 0.6) is 0 Å². The average molecular weight is 391 g/mol. The molecular formula is C22H21N3O2S. The summed E-state index contributed by atoms with van der Waals surface area (Å²) in [4.78, 5) is 20.2. The molecule has 0 amide bonds. The maximum Gasteiger partial charge on any atom is 0.347 e. The van der Waals surface area contributed by atoms with Crippen molar-refractivity contribution in [2.24, 2.45) is 4.99 Å². The predicted octanol–water partition coefficient (Wildman–Crippen LogP) is 4.68. The molecule has 1 aromatic heterocycles. The highest BCUT2D eigenvalue weighted by Crippen LogP contribution is 2.29. The van der Waals surface area contributed by atoms with Gasteiger partial charge in [0.2, 0.25) is 0 Å². The fourth-order valence-corrected chi connectivity index (χ4v) is 3.99. The summed E-state index contributed by atoms with van der Waals surface area (Å²) in [5.41, 5.74) is 1.32. The molecule has 0 atom stereocenters. The van der Waals surface area contributed by atoms with Crippen molar-refractivity contribution in [1.29, 1.82) is 5.26 Å². The molecule has 0 fully saturated rings. The van der Waals surface area contributed by atoms with Gasteiger partial charge in [-0.15, -0.1) is 0 Å². The number of hydrogen-bond acceptors (Lipinski definition) is 6. The minimum Gasteiger partial charge on any atom is -0.422 e. The van der Waals surface area contributed by atoms with Crippen LogP contribution in [0.4, 0.5) is 5.69 Å². The summed E-state index contributed by atoms with van der Waals surface area (Å²) in [5.74, 6) is 0. The Kier molecular flexibility index (Phi) is 6.17. The van der Waals surface area contributed by atoms with Crippen LogP contribution < -0.4 is 10.5 Å². The molecule has 0 bridgehead atoms. The number of benzene rings is 2. The van der Waals surface area contributed by atoms with Crippen molar-refractivity contribution in [1.82, 2.24) is 0 Å². The SMILES string of the molecule is CCN(CC)c1ccc2c(C#N)c(/C(=N\C)Sc3ccccc3)c(=O)oc2c1. The zero-order valence-corrected chi connectivity index (χ0v) is 16.9. The van der Waals surface area contributed by atoms with Gasteiger partial charge in [-0.1, -0.05) is 30.0 Å². The fraction of sp³-hybridized carbons (Fsp3) is 0.227. The second-order valence-electron chi connectivity index (χ2n) is 6.05. The Balaban J connectivity index is 2.16. The highest BCUT2D eigenvalue weighted by atomic mass is 32.2. The summed E-state index contributed by atoms with van der Waals surface area (Å²) in [6, 6.07) is 17.4. The molecule has 142 valence electrons. The molecule has 0 unspecified atom stereocenters. The molecule has 5 nitrogen and oxygen atoms in total. The van der Waals surface area contributed by atoms with Crippen LogP contribution in [0.1, 0.15) is 25.0 Å². The molecule has 0 N–H and O–H groups in total. The Morgan fingerprint density at radius 2 is 1.89 bits per heavy atom. The van der Waals surface area contributed by atoms with E-state index >= 15 is 0 Å². The Bertz CT molecular complexity index is 1110. The second kappa shape index (κ2) is 8.77. The number of hydrogen-bond donors (Lipinski definition) is 0. The summed E-state index contributed by atoms with van der Waals surface area (Å²) in [7, 11) is 1.61. The predicted molar refractivity (Wildman–Crippen MR) is 116 cm³/mol. The maximum absolute atomic E-state index is 12.8. The van der Waals surface area contributed by atoms with Gasteiger partial charge in [0.15, 0.2) is 0 Å². The van der Waals surface area contributed by atoms with Gasteiger partial charge in [0, 0.05) is 42.2 Å². The monoisotopic (exact) mass is 391 g/mol. The average Bonchev–Trinajstić information content (AvgIpc) is 2.72. The molecule has 0 spiro atoms. The normalized spacial score (nSPS) is 11.4. The van der Waals surface area contributed by atoms with Crippen molar-refractivity contribution < 1.29 is 4.42 Å². The van der Waals surface area contributed by atoms with E-state index < -0.39 is 5.63 Å². The van der Waals surface area contributed by atoms with Crippen molar-refractivity contribution in [3.05, 3.63) is 70.1 Å². The maximum atomic E-state index is 12.8. The van der Waals surface area contributed by atoms with Gasteiger partial charge in [-0.25, -0.2) is 4.79 Å². The van der Waals surface area contributed by atoms with E-state index in [2.05, 4.69) is 29.8 Å². The molecule has 0 aliphatic heterocycles. The Labute approximate surface area is 168 Å². The lowest BCUT2D eigenvalue weighted by molar-refractivity contribution is 0.559. The van der Waals surface area contributed by atoms with Crippen LogP contribution >= 0.6 is 11.8 Å². The lowest BCUT2D eigenvalue weighted by atomic mass is 10.1. The van der Waals surface area contributed by atoms with Gasteiger partial charge in [-0.05, 0) is 38.1 Å². The molecule has 0 saturated heterocycles. The van der Waals surface area contributed by atoms with Crippen molar-refractivity contribution in [2.75, 3.05) is 25.0 Å². The molecule has 28 heavy (non-hydrogen) atoms. The van der Waals surface area contributed by atoms with Crippen molar-refractivity contribution in [2.45, 2.75) is 18.7 Å². The molecule has 0 saturated carbocycles. The largest absolute Gasteiger partial charge is 0.422 e. The summed E-state index contributed by atoms with van der Waals surface area (Å²) < 4.78 is 5.61. The lowest BCUT2D eigenvalue weighted by Crippen LogP contribution is -2.22. The third-order valence-corrected chi connectivity index (χ3v) is 5.59. The van der Waals surface area contributed by atoms with E-state index in [1.54, 1.807) is 7.05 Å². The molecule has 0 aliphatic rings. The number of nitrogens with zero attached hydrogens (tertiary/aromatic N) is 3. The second-order valence-corrected chi connectivity index (χ2v) is 7.11. The van der Waals surface area contributed by atoms with E-state index in [4.69, 9.17) is 4.42 Å². The van der Waals surface area contributed by atoms with E-state index in [9.17, 15) is 10.1 Å². The van der Waals surface area contributed by atoms with E-state index in [0.717, 1.165) is 23.7 Å². The van der Waals surface area contributed by atoms with Gasteiger partial charge < -0.3 is 9.32 Å². The van der Waals surface area contributed by atoms with Gasteiger partial charge in [0.05, 0.1) is 5.56 Å². The number of nitriles is 1. The molecule has 2 aromatic carbocycles. The lowest BCUT2D eigenvalue weighted by Gasteiger charge is -2.21. The first-order valence-electron chi connectivity index (χ1n) is 9.08. The summed E-state index contributed by atoms with van der Waals surface area (Å²) in [6.45, 7) is 5.82. The number of fused-ring (bicyclic) bond motifs is 1. The molecule has 3 aromatic rings. The van der Waals surface area contributed by atoms with Crippen molar-refractivity contribution in [3.63, 3.8) is 0 Å². The zero-order valence-electron chi connectivity index (χ0n) is 16.1. The number of rotatable bonds is 5. The van der Waals surface area contributed by atoms with Crippen molar-refractivity contribution >= 4 is 33.5 Å². The molecule has 0 aliphatic carbocycles. The molecule has 3 rings (SSSR count). The van der Waals surface area contributed by atoms with Crippen LogP contribution in [-0.2, 0) is 0 Å². The van der Waals surface area contributed by atoms with Crippen molar-refractivity contribution in [3.8, 4) is 6.07 Å². The summed E-state index contributed by atoms with van der Waals surface area (Å²) >= 11 is 1.34. The summed E-state index contributed by atoms with van der Waals surface area (Å²) in [6.07, 6.45) is 0. The first-order chi connectivity index (χ1) is 13.6. The minimum absolute atomic E-state index is 0.210. The quantitative estimate of drug-likeness (QED) is 0.273. The van der Waals surface area contributed by atoms with Crippen LogP contribution in [0.25, 0.3) is 11.0 Å². The van der Waals surface area contributed by atoms with E-state index in [0.29, 0.717) is 21.6 Å². The van der Waals surface area contributed by atoms with Crippen LogP contribution in [0.3, 0.4) is 0 Å². The Hall–Kier alpha value is -3.04. The van der Waals surface area contributed by atoms with Gasteiger partial charge in [-0.2, -0.15) is 5.26 Å². The minimum atomic E-state index is -0.551.